The summed E-state index contributed by atoms with van der Waals surface area (Å²) in [5, 5.41) is 12.6. The van der Waals surface area contributed by atoms with Crippen molar-refractivity contribution >= 4 is 17.3 Å². The molecule has 1 aromatic carbocycles. The molecule has 2 N–H and O–H groups in total. The molecule has 0 aliphatic rings. The SMILES string of the molecule is CN=C(NCc1sc(C)nc1C)NCc1c(C)nn(-c2ccccc2)c1C. The number of nitrogens with one attached hydrogen (secondary N) is 2. The molecule has 0 atom stereocenters. The highest BCUT2D eigenvalue weighted by Crippen LogP contribution is 2.18. The van der Waals surface area contributed by atoms with E-state index in [4.69, 9.17) is 5.10 Å². The predicted octanol–water partition coefficient (Wildman–Crippen LogP) is 3.43. The summed E-state index contributed by atoms with van der Waals surface area (Å²) in [6, 6.07) is 10.2. The van der Waals surface area contributed by atoms with Gasteiger partial charge >= 0.3 is 0 Å². The van der Waals surface area contributed by atoms with E-state index in [-0.39, 0.29) is 0 Å². The molecule has 0 aliphatic heterocycles. The van der Waals surface area contributed by atoms with Crippen molar-refractivity contribution in [2.75, 3.05) is 7.05 Å². The van der Waals surface area contributed by atoms with Crippen molar-refractivity contribution in [2.24, 2.45) is 4.99 Å². The molecule has 0 radical (unpaired) electrons. The van der Waals surface area contributed by atoms with Crippen LogP contribution in [0, 0.1) is 27.7 Å². The lowest BCUT2D eigenvalue weighted by Gasteiger charge is -2.12. The molecular formula is C20H26N6S. The molecule has 6 nitrogen and oxygen atoms in total. The fraction of sp³-hybridized carbons (Fsp3) is 0.350. The van der Waals surface area contributed by atoms with E-state index in [0.717, 1.165) is 40.3 Å². The number of nitrogens with zero attached hydrogens (tertiary/aromatic N) is 4. The van der Waals surface area contributed by atoms with E-state index in [1.165, 1.54) is 10.4 Å². The van der Waals surface area contributed by atoms with Crippen LogP contribution in [0.25, 0.3) is 5.69 Å². The van der Waals surface area contributed by atoms with Gasteiger partial charge in [0.05, 0.1) is 28.6 Å². The summed E-state index contributed by atoms with van der Waals surface area (Å²) in [5.74, 6) is 0.770. The Morgan fingerprint density at radius 3 is 2.37 bits per heavy atom. The second-order valence-corrected chi connectivity index (χ2v) is 7.71. The van der Waals surface area contributed by atoms with Crippen molar-refractivity contribution in [1.82, 2.24) is 25.4 Å². The number of hydrogen-bond donors (Lipinski definition) is 2. The van der Waals surface area contributed by atoms with Crippen molar-refractivity contribution in [1.29, 1.82) is 0 Å². The Hall–Kier alpha value is -2.67. The first-order valence-electron chi connectivity index (χ1n) is 8.97. The van der Waals surface area contributed by atoms with Crippen LogP contribution >= 0.6 is 11.3 Å². The average molecular weight is 383 g/mol. The van der Waals surface area contributed by atoms with Gasteiger partial charge in [0.2, 0.25) is 0 Å². The molecule has 0 bridgehead atoms. The Bertz CT molecular complexity index is 939. The molecule has 2 heterocycles. The monoisotopic (exact) mass is 382 g/mol. The van der Waals surface area contributed by atoms with Crippen molar-refractivity contribution in [3.8, 4) is 5.69 Å². The third kappa shape index (κ3) is 4.36. The van der Waals surface area contributed by atoms with Crippen LogP contribution in [0.2, 0.25) is 0 Å². The molecular weight excluding hydrogens is 356 g/mol. The first-order chi connectivity index (χ1) is 13.0. The normalized spacial score (nSPS) is 11.7. The summed E-state index contributed by atoms with van der Waals surface area (Å²) in [4.78, 5) is 10.0. The molecule has 7 heteroatoms. The topological polar surface area (TPSA) is 67.1 Å². The van der Waals surface area contributed by atoms with E-state index in [0.29, 0.717) is 6.54 Å². The molecule has 0 fully saturated rings. The second kappa shape index (κ2) is 8.35. The average Bonchev–Trinajstić information content (AvgIpc) is 3.14. The number of hydrogen-bond acceptors (Lipinski definition) is 4. The molecule has 27 heavy (non-hydrogen) atoms. The van der Waals surface area contributed by atoms with Gasteiger partial charge in [-0.1, -0.05) is 18.2 Å². The minimum atomic E-state index is 0.672. The maximum absolute atomic E-state index is 4.70. The highest BCUT2D eigenvalue weighted by Gasteiger charge is 2.13. The van der Waals surface area contributed by atoms with Gasteiger partial charge in [0.1, 0.15) is 0 Å². The van der Waals surface area contributed by atoms with Crippen LogP contribution in [-0.2, 0) is 13.1 Å². The Balaban J connectivity index is 1.66. The molecule has 0 aliphatic carbocycles. The molecule has 142 valence electrons. The first-order valence-corrected chi connectivity index (χ1v) is 9.79. The van der Waals surface area contributed by atoms with Crippen LogP contribution < -0.4 is 10.6 Å². The van der Waals surface area contributed by atoms with Crippen LogP contribution in [0.1, 0.15) is 32.5 Å². The third-order valence-corrected chi connectivity index (χ3v) is 5.59. The summed E-state index contributed by atoms with van der Waals surface area (Å²) in [6.45, 7) is 9.61. The summed E-state index contributed by atoms with van der Waals surface area (Å²) < 4.78 is 1.99. The van der Waals surface area contributed by atoms with Crippen molar-refractivity contribution in [3.63, 3.8) is 0 Å². The number of thiazole rings is 1. The number of rotatable bonds is 5. The van der Waals surface area contributed by atoms with Gasteiger partial charge in [-0.2, -0.15) is 5.10 Å². The van der Waals surface area contributed by atoms with Crippen LogP contribution in [0.4, 0.5) is 0 Å². The maximum atomic E-state index is 4.70. The Labute approximate surface area is 164 Å². The minimum Gasteiger partial charge on any atom is -0.352 e. The van der Waals surface area contributed by atoms with E-state index < -0.39 is 0 Å². The van der Waals surface area contributed by atoms with Gasteiger partial charge in [-0.3, -0.25) is 4.99 Å². The van der Waals surface area contributed by atoms with Gasteiger partial charge in [-0.05, 0) is 39.8 Å². The molecule has 3 aromatic rings. The zero-order chi connectivity index (χ0) is 19.4. The number of aliphatic imine (C=N–C) groups is 1. The van der Waals surface area contributed by atoms with Gasteiger partial charge in [0.25, 0.3) is 0 Å². The van der Waals surface area contributed by atoms with Crippen LogP contribution in [-0.4, -0.2) is 27.8 Å². The maximum Gasteiger partial charge on any atom is 0.191 e. The quantitative estimate of drug-likeness (QED) is 0.524. The zero-order valence-electron chi connectivity index (χ0n) is 16.5. The second-order valence-electron chi connectivity index (χ2n) is 6.42. The highest BCUT2D eigenvalue weighted by atomic mass is 32.1. The molecule has 0 unspecified atom stereocenters. The fourth-order valence-corrected chi connectivity index (χ4v) is 3.92. The Kier molecular flexibility index (Phi) is 5.91. The van der Waals surface area contributed by atoms with Crippen molar-refractivity contribution in [3.05, 3.63) is 62.9 Å². The number of para-hydroxylation sites is 1. The first kappa shape index (κ1) is 19.1. The van der Waals surface area contributed by atoms with Gasteiger partial charge < -0.3 is 10.6 Å². The molecule has 0 saturated heterocycles. The molecule has 0 saturated carbocycles. The standard InChI is InChI=1S/C20H26N6S/c1-13-18(15(3)26(25-13)17-9-7-6-8-10-17)11-22-20(21-5)23-12-19-14(2)24-16(4)27-19/h6-10H,11-12H2,1-5H3,(H2,21,22,23). The van der Waals surface area contributed by atoms with Crippen molar-refractivity contribution < 1.29 is 0 Å². The minimum absolute atomic E-state index is 0.672. The van der Waals surface area contributed by atoms with E-state index in [2.05, 4.69) is 39.7 Å². The fourth-order valence-electron chi connectivity index (χ4n) is 3.05. The number of benzene rings is 1. The molecule has 0 amide bonds. The van der Waals surface area contributed by atoms with E-state index in [9.17, 15) is 0 Å². The molecule has 3 rings (SSSR count). The summed E-state index contributed by atoms with van der Waals surface area (Å²) in [5.41, 5.74) is 5.50. The Morgan fingerprint density at radius 1 is 1.04 bits per heavy atom. The van der Waals surface area contributed by atoms with Gasteiger partial charge in [-0.25, -0.2) is 9.67 Å². The lowest BCUT2D eigenvalue weighted by atomic mass is 10.2. The van der Waals surface area contributed by atoms with Crippen LogP contribution in [0.15, 0.2) is 35.3 Å². The van der Waals surface area contributed by atoms with E-state index >= 15 is 0 Å². The molecule has 2 aromatic heterocycles. The van der Waals surface area contributed by atoms with E-state index in [1.54, 1.807) is 18.4 Å². The third-order valence-electron chi connectivity index (χ3n) is 4.51. The van der Waals surface area contributed by atoms with Gasteiger partial charge in [-0.15, -0.1) is 11.3 Å². The van der Waals surface area contributed by atoms with Crippen LogP contribution in [0.5, 0.6) is 0 Å². The highest BCUT2D eigenvalue weighted by molar-refractivity contribution is 7.11. The molecule has 0 spiro atoms. The lowest BCUT2D eigenvalue weighted by Crippen LogP contribution is -2.36. The summed E-state index contributed by atoms with van der Waals surface area (Å²) in [6.07, 6.45) is 0. The number of aryl methyl sites for hydroxylation is 3. The smallest absolute Gasteiger partial charge is 0.191 e. The van der Waals surface area contributed by atoms with Crippen LogP contribution in [0.3, 0.4) is 0 Å². The Morgan fingerprint density at radius 2 is 1.74 bits per heavy atom. The number of aromatic nitrogens is 3. The predicted molar refractivity (Wildman–Crippen MR) is 112 cm³/mol. The zero-order valence-corrected chi connectivity index (χ0v) is 17.3. The largest absolute Gasteiger partial charge is 0.352 e. The van der Waals surface area contributed by atoms with E-state index in [1.807, 2.05) is 43.7 Å². The summed E-state index contributed by atoms with van der Waals surface area (Å²) >= 11 is 1.72. The van der Waals surface area contributed by atoms with Crippen molar-refractivity contribution in [2.45, 2.75) is 40.8 Å². The van der Waals surface area contributed by atoms with Gasteiger partial charge in [0.15, 0.2) is 5.96 Å². The number of guanidine groups is 1. The summed E-state index contributed by atoms with van der Waals surface area (Å²) in [7, 11) is 1.78. The van der Waals surface area contributed by atoms with Gasteiger partial charge in [0, 0.05) is 29.7 Å². The lowest BCUT2D eigenvalue weighted by molar-refractivity contribution is 0.802.